The first-order valence-corrected chi connectivity index (χ1v) is 4.35. The normalized spacial score (nSPS) is 13.0. The molecule has 11 heavy (non-hydrogen) atoms. The van der Waals surface area contributed by atoms with Crippen molar-refractivity contribution < 1.29 is 0 Å². The first-order valence-electron chi connectivity index (χ1n) is 3.56. The molecule has 0 spiro atoms. The predicted molar refractivity (Wildman–Crippen MR) is 49.4 cm³/mol. The SMILES string of the molecule is CC(CN)c1cccnc1Br. The molecule has 0 bridgehead atoms. The van der Waals surface area contributed by atoms with Crippen LogP contribution in [0.5, 0.6) is 0 Å². The van der Waals surface area contributed by atoms with E-state index in [1.165, 1.54) is 5.56 Å². The zero-order chi connectivity index (χ0) is 8.27. The van der Waals surface area contributed by atoms with Gasteiger partial charge in [-0.15, -0.1) is 0 Å². The van der Waals surface area contributed by atoms with Crippen molar-refractivity contribution in [1.82, 2.24) is 4.98 Å². The third kappa shape index (κ3) is 2.01. The monoisotopic (exact) mass is 214 g/mol. The summed E-state index contributed by atoms with van der Waals surface area (Å²) in [6.07, 6.45) is 1.76. The van der Waals surface area contributed by atoms with E-state index in [4.69, 9.17) is 5.73 Å². The van der Waals surface area contributed by atoms with Crippen LogP contribution in [0.4, 0.5) is 0 Å². The molecule has 0 aliphatic rings. The van der Waals surface area contributed by atoms with Crippen LogP contribution in [-0.2, 0) is 0 Å². The van der Waals surface area contributed by atoms with Gasteiger partial charge in [-0.2, -0.15) is 0 Å². The van der Waals surface area contributed by atoms with E-state index < -0.39 is 0 Å². The Morgan fingerprint density at radius 3 is 3.00 bits per heavy atom. The molecule has 1 aromatic heterocycles. The van der Waals surface area contributed by atoms with Gasteiger partial charge >= 0.3 is 0 Å². The average molecular weight is 215 g/mol. The number of aromatic nitrogens is 1. The lowest BCUT2D eigenvalue weighted by Gasteiger charge is -2.08. The number of halogens is 1. The van der Waals surface area contributed by atoms with Crippen molar-refractivity contribution in [2.24, 2.45) is 5.73 Å². The third-order valence-corrected chi connectivity index (χ3v) is 2.33. The van der Waals surface area contributed by atoms with E-state index in [0.717, 1.165) is 4.60 Å². The molecule has 0 aliphatic heterocycles. The van der Waals surface area contributed by atoms with E-state index in [9.17, 15) is 0 Å². The smallest absolute Gasteiger partial charge is 0.109 e. The minimum Gasteiger partial charge on any atom is -0.330 e. The highest BCUT2D eigenvalue weighted by Crippen LogP contribution is 2.20. The lowest BCUT2D eigenvalue weighted by Crippen LogP contribution is -2.09. The Kier molecular flexibility index (Phi) is 3.02. The molecule has 2 nitrogen and oxygen atoms in total. The zero-order valence-corrected chi connectivity index (χ0v) is 8.01. The molecule has 1 unspecified atom stereocenters. The van der Waals surface area contributed by atoms with Crippen molar-refractivity contribution in [3.05, 3.63) is 28.5 Å². The summed E-state index contributed by atoms with van der Waals surface area (Å²) in [5, 5.41) is 0. The highest BCUT2D eigenvalue weighted by Gasteiger charge is 2.06. The first-order chi connectivity index (χ1) is 5.25. The Hall–Kier alpha value is -0.410. The van der Waals surface area contributed by atoms with Crippen LogP contribution in [0.15, 0.2) is 22.9 Å². The maximum atomic E-state index is 5.52. The quantitative estimate of drug-likeness (QED) is 0.765. The second-order valence-corrected chi connectivity index (χ2v) is 3.27. The molecule has 0 aromatic carbocycles. The van der Waals surface area contributed by atoms with E-state index in [1.807, 2.05) is 12.1 Å². The molecule has 0 fully saturated rings. The van der Waals surface area contributed by atoms with Crippen molar-refractivity contribution in [2.75, 3.05) is 6.54 Å². The van der Waals surface area contributed by atoms with Gasteiger partial charge in [0, 0.05) is 6.20 Å². The highest BCUT2D eigenvalue weighted by molar-refractivity contribution is 9.10. The molecule has 1 heterocycles. The topological polar surface area (TPSA) is 38.9 Å². The molecule has 1 aromatic rings. The maximum absolute atomic E-state index is 5.52. The van der Waals surface area contributed by atoms with Gasteiger partial charge in [-0.05, 0) is 40.0 Å². The van der Waals surface area contributed by atoms with Gasteiger partial charge in [0.25, 0.3) is 0 Å². The van der Waals surface area contributed by atoms with Crippen LogP contribution in [-0.4, -0.2) is 11.5 Å². The second kappa shape index (κ2) is 3.83. The summed E-state index contributed by atoms with van der Waals surface area (Å²) in [4.78, 5) is 4.11. The number of nitrogens with zero attached hydrogens (tertiary/aromatic N) is 1. The number of rotatable bonds is 2. The van der Waals surface area contributed by atoms with Crippen LogP contribution >= 0.6 is 15.9 Å². The molecule has 0 saturated heterocycles. The summed E-state index contributed by atoms with van der Waals surface area (Å²) in [6, 6.07) is 3.96. The van der Waals surface area contributed by atoms with Gasteiger partial charge in [-0.3, -0.25) is 0 Å². The van der Waals surface area contributed by atoms with E-state index in [-0.39, 0.29) is 0 Å². The van der Waals surface area contributed by atoms with Crippen LogP contribution in [0, 0.1) is 0 Å². The summed E-state index contributed by atoms with van der Waals surface area (Å²) in [6.45, 7) is 2.74. The Morgan fingerprint density at radius 1 is 1.73 bits per heavy atom. The summed E-state index contributed by atoms with van der Waals surface area (Å²) < 4.78 is 0.901. The van der Waals surface area contributed by atoms with Crippen molar-refractivity contribution in [3.63, 3.8) is 0 Å². The van der Waals surface area contributed by atoms with Gasteiger partial charge in [0.05, 0.1) is 0 Å². The van der Waals surface area contributed by atoms with E-state index in [1.54, 1.807) is 6.20 Å². The minimum atomic E-state index is 0.373. The van der Waals surface area contributed by atoms with Crippen LogP contribution in [0.1, 0.15) is 18.4 Å². The predicted octanol–water partition coefficient (Wildman–Crippen LogP) is 1.91. The van der Waals surface area contributed by atoms with E-state index in [0.29, 0.717) is 12.5 Å². The second-order valence-electron chi connectivity index (χ2n) is 2.52. The van der Waals surface area contributed by atoms with Gasteiger partial charge in [0.15, 0.2) is 0 Å². The van der Waals surface area contributed by atoms with E-state index >= 15 is 0 Å². The van der Waals surface area contributed by atoms with Crippen molar-refractivity contribution in [2.45, 2.75) is 12.8 Å². The lowest BCUT2D eigenvalue weighted by molar-refractivity contribution is 0.764. The summed E-state index contributed by atoms with van der Waals surface area (Å²) in [7, 11) is 0. The van der Waals surface area contributed by atoms with Crippen LogP contribution in [0.25, 0.3) is 0 Å². The molecule has 0 radical (unpaired) electrons. The van der Waals surface area contributed by atoms with Crippen molar-refractivity contribution in [3.8, 4) is 0 Å². The Balaban J connectivity index is 2.93. The molecule has 60 valence electrons. The molecule has 0 aliphatic carbocycles. The number of pyridine rings is 1. The fraction of sp³-hybridized carbons (Fsp3) is 0.375. The minimum absolute atomic E-state index is 0.373. The molecule has 1 atom stereocenters. The molecule has 1 rings (SSSR count). The molecular formula is C8H11BrN2. The molecule has 2 N–H and O–H groups in total. The Labute approximate surface area is 75.0 Å². The van der Waals surface area contributed by atoms with Crippen LogP contribution in [0.2, 0.25) is 0 Å². The van der Waals surface area contributed by atoms with Gasteiger partial charge < -0.3 is 5.73 Å². The molecule has 0 amide bonds. The van der Waals surface area contributed by atoms with E-state index in [2.05, 4.69) is 27.8 Å². The summed E-state index contributed by atoms with van der Waals surface area (Å²) >= 11 is 3.37. The fourth-order valence-corrected chi connectivity index (χ4v) is 1.53. The highest BCUT2D eigenvalue weighted by atomic mass is 79.9. The zero-order valence-electron chi connectivity index (χ0n) is 6.42. The van der Waals surface area contributed by atoms with Gasteiger partial charge in [0.2, 0.25) is 0 Å². The third-order valence-electron chi connectivity index (χ3n) is 1.67. The lowest BCUT2D eigenvalue weighted by atomic mass is 10.0. The van der Waals surface area contributed by atoms with Crippen LogP contribution in [0.3, 0.4) is 0 Å². The molecular weight excluding hydrogens is 204 g/mol. The largest absolute Gasteiger partial charge is 0.330 e. The fourth-order valence-electron chi connectivity index (χ4n) is 0.893. The van der Waals surface area contributed by atoms with Gasteiger partial charge in [0.1, 0.15) is 4.60 Å². The molecule has 0 saturated carbocycles. The van der Waals surface area contributed by atoms with Crippen molar-refractivity contribution >= 4 is 15.9 Å². The number of nitrogens with two attached hydrogens (primary N) is 1. The maximum Gasteiger partial charge on any atom is 0.109 e. The summed E-state index contributed by atoms with van der Waals surface area (Å²) in [5.41, 5.74) is 6.70. The first kappa shape index (κ1) is 8.68. The number of hydrogen-bond donors (Lipinski definition) is 1. The standard InChI is InChI=1S/C8H11BrN2/c1-6(5-10)7-3-2-4-11-8(7)9/h2-4,6H,5,10H2,1H3. The van der Waals surface area contributed by atoms with Gasteiger partial charge in [-0.25, -0.2) is 4.98 Å². The number of hydrogen-bond acceptors (Lipinski definition) is 2. The van der Waals surface area contributed by atoms with Gasteiger partial charge in [-0.1, -0.05) is 13.0 Å². The Bertz CT molecular complexity index is 237. The van der Waals surface area contributed by atoms with Crippen molar-refractivity contribution in [1.29, 1.82) is 0 Å². The average Bonchev–Trinajstić information content (AvgIpc) is 2.04. The molecule has 3 heteroatoms. The Morgan fingerprint density at radius 2 is 2.45 bits per heavy atom. The summed E-state index contributed by atoms with van der Waals surface area (Å²) in [5.74, 6) is 0.373. The van der Waals surface area contributed by atoms with Crippen LogP contribution < -0.4 is 5.73 Å².